The zero-order chi connectivity index (χ0) is 35.0. The van der Waals surface area contributed by atoms with Crippen molar-refractivity contribution < 1.29 is 0 Å². The molecule has 0 bridgehead atoms. The molecule has 0 N–H and O–H groups in total. The predicted molar refractivity (Wildman–Crippen MR) is 231 cm³/mol. The number of benzene rings is 5. The molecule has 1 heterocycles. The summed E-state index contributed by atoms with van der Waals surface area (Å²) in [5, 5.41) is 2.57. The molecule has 0 aromatic heterocycles. The molecule has 2 saturated carbocycles. The summed E-state index contributed by atoms with van der Waals surface area (Å²) in [6.07, 6.45) is 20.3. The molecule has 4 atom stereocenters. The summed E-state index contributed by atoms with van der Waals surface area (Å²) in [7, 11) is 0. The maximum atomic E-state index is 4.64. The van der Waals surface area contributed by atoms with Crippen molar-refractivity contribution in [2.24, 2.45) is 5.92 Å². The lowest BCUT2D eigenvalue weighted by atomic mass is 9.77. The summed E-state index contributed by atoms with van der Waals surface area (Å²) < 4.78 is 0. The second-order valence-corrected chi connectivity index (χ2v) is 17.1. The Bertz CT molecular complexity index is 2550. The molecule has 2 heteroatoms. The Morgan fingerprint density at radius 2 is 1.49 bits per heavy atom. The van der Waals surface area contributed by atoms with Crippen LogP contribution in [0.4, 0.5) is 0 Å². The molecule has 258 valence electrons. The molecule has 0 spiro atoms. The maximum Gasteiger partial charge on any atom is 0.0238 e. The van der Waals surface area contributed by atoms with Gasteiger partial charge in [0.05, 0.1) is 0 Å². The SMILES string of the molecule is SC/C=C(\C=C/CC1=C2C(=CCC1)c1ccccc1C1CC21)c1ccc2ccc(C3=CC=C(c4cccc5c4C4CC4c4ccccc4-5)CS3)cc2c1. The first-order valence-corrected chi connectivity index (χ1v) is 21.2. The van der Waals surface area contributed by atoms with Crippen LogP contribution in [0.15, 0.2) is 151 Å². The van der Waals surface area contributed by atoms with Gasteiger partial charge in [0.25, 0.3) is 0 Å². The second-order valence-electron chi connectivity index (χ2n) is 15.7. The van der Waals surface area contributed by atoms with E-state index in [4.69, 9.17) is 0 Å². The van der Waals surface area contributed by atoms with Crippen molar-refractivity contribution in [2.75, 3.05) is 11.5 Å². The van der Waals surface area contributed by atoms with E-state index in [0.717, 1.165) is 36.2 Å². The highest BCUT2D eigenvalue weighted by Gasteiger charge is 2.48. The molecule has 5 aromatic carbocycles. The zero-order valence-electron chi connectivity index (χ0n) is 29.9. The van der Waals surface area contributed by atoms with Crippen molar-refractivity contribution in [2.45, 2.75) is 49.9 Å². The number of thiol groups is 1. The van der Waals surface area contributed by atoms with Gasteiger partial charge < -0.3 is 0 Å². The largest absolute Gasteiger partial charge is 0.175 e. The molecule has 5 aromatic rings. The van der Waals surface area contributed by atoms with E-state index in [9.17, 15) is 0 Å². The summed E-state index contributed by atoms with van der Waals surface area (Å²) in [5.41, 5.74) is 20.7. The highest BCUT2D eigenvalue weighted by molar-refractivity contribution is 8.08. The molecule has 0 nitrogen and oxygen atoms in total. The maximum absolute atomic E-state index is 4.64. The van der Waals surface area contributed by atoms with E-state index in [0.29, 0.717) is 11.8 Å². The summed E-state index contributed by atoms with van der Waals surface area (Å²) in [4.78, 5) is 1.35. The van der Waals surface area contributed by atoms with Gasteiger partial charge in [-0.05, 0) is 157 Å². The van der Waals surface area contributed by atoms with E-state index in [2.05, 4.69) is 152 Å². The first kappa shape index (κ1) is 32.0. The number of hydrogen-bond donors (Lipinski definition) is 1. The minimum Gasteiger partial charge on any atom is -0.175 e. The lowest BCUT2D eigenvalue weighted by molar-refractivity contribution is 0.837. The molecular weight excluding hydrogens is 677 g/mol. The van der Waals surface area contributed by atoms with Crippen LogP contribution >= 0.6 is 24.4 Å². The fourth-order valence-electron chi connectivity index (χ4n) is 10.1. The van der Waals surface area contributed by atoms with Crippen molar-refractivity contribution >= 4 is 56.8 Å². The standard InChI is InChI=1S/C51H42S2/c52-25-24-31(8-5-9-33-10-6-16-43-39-11-1-3-13-41(39)45-28-47(45)50(33)43)34-20-18-32-19-21-35(27-37(32)26-34)49-23-22-36(30-53-49)38-15-7-17-44-40-12-2-4-14-42(40)46-29-48(46)51(38)44/h1-5,7-8,11-24,26-27,45-48,52H,6,9-10,25,28-30H2/b8-5-,31-24+. The lowest BCUT2D eigenvalue weighted by Gasteiger charge is -2.28. The van der Waals surface area contributed by atoms with Crippen molar-refractivity contribution in [1.82, 2.24) is 0 Å². The Kier molecular flexibility index (Phi) is 7.74. The van der Waals surface area contributed by atoms with Crippen LogP contribution in [0.2, 0.25) is 0 Å². The predicted octanol–water partition coefficient (Wildman–Crippen LogP) is 13.8. The average molecular weight is 719 g/mol. The fraction of sp³-hybridized carbons (Fsp3) is 0.216. The van der Waals surface area contributed by atoms with Crippen LogP contribution in [-0.4, -0.2) is 11.5 Å². The van der Waals surface area contributed by atoms with E-state index in [1.54, 1.807) is 27.8 Å². The summed E-state index contributed by atoms with van der Waals surface area (Å²) in [6.45, 7) is 0. The van der Waals surface area contributed by atoms with Gasteiger partial charge in [-0.25, -0.2) is 0 Å². The zero-order valence-corrected chi connectivity index (χ0v) is 31.6. The van der Waals surface area contributed by atoms with Gasteiger partial charge in [0.2, 0.25) is 0 Å². The molecule has 2 fully saturated rings. The Balaban J connectivity index is 0.856. The quantitative estimate of drug-likeness (QED) is 0.129. The fourth-order valence-corrected chi connectivity index (χ4v) is 11.4. The summed E-state index contributed by atoms with van der Waals surface area (Å²) in [5.74, 6) is 4.56. The van der Waals surface area contributed by atoms with E-state index in [1.807, 2.05) is 11.8 Å². The second kappa shape index (κ2) is 12.8. The highest BCUT2D eigenvalue weighted by atomic mass is 32.2. The summed E-state index contributed by atoms with van der Waals surface area (Å²) >= 11 is 6.62. The van der Waals surface area contributed by atoms with Crippen LogP contribution in [-0.2, 0) is 0 Å². The minimum atomic E-state index is 0.675. The Labute approximate surface area is 323 Å². The monoisotopic (exact) mass is 718 g/mol. The highest BCUT2D eigenvalue weighted by Crippen LogP contribution is 2.64. The van der Waals surface area contributed by atoms with Crippen LogP contribution < -0.4 is 0 Å². The molecule has 0 radical (unpaired) electrons. The van der Waals surface area contributed by atoms with Gasteiger partial charge >= 0.3 is 0 Å². The average Bonchev–Trinajstić information content (AvgIpc) is 4.16. The van der Waals surface area contributed by atoms with Crippen LogP contribution in [0.3, 0.4) is 0 Å². The lowest BCUT2D eigenvalue weighted by Crippen LogP contribution is -2.10. The molecule has 53 heavy (non-hydrogen) atoms. The Morgan fingerprint density at radius 1 is 0.717 bits per heavy atom. The third-order valence-corrected chi connectivity index (χ3v) is 14.1. The molecular formula is C51H42S2. The number of thioether (sulfide) groups is 1. The molecule has 4 unspecified atom stereocenters. The van der Waals surface area contributed by atoms with Gasteiger partial charge in [-0.2, -0.15) is 12.6 Å². The van der Waals surface area contributed by atoms with Gasteiger partial charge in [-0.15, -0.1) is 11.8 Å². The Morgan fingerprint density at radius 3 is 2.36 bits per heavy atom. The number of fused-ring (bicyclic) bond motifs is 13. The number of rotatable bonds is 7. The van der Waals surface area contributed by atoms with Gasteiger partial charge in [-0.3, -0.25) is 0 Å². The number of hydrogen-bond acceptors (Lipinski definition) is 2. The van der Waals surface area contributed by atoms with Gasteiger partial charge in [0.1, 0.15) is 0 Å². The van der Waals surface area contributed by atoms with Gasteiger partial charge in [0.15, 0.2) is 0 Å². The summed E-state index contributed by atoms with van der Waals surface area (Å²) in [6, 6.07) is 39.1. The molecule has 0 amide bonds. The Hall–Kier alpha value is -4.50. The van der Waals surface area contributed by atoms with Crippen molar-refractivity contribution in [1.29, 1.82) is 0 Å². The van der Waals surface area contributed by atoms with Crippen molar-refractivity contribution in [3.05, 3.63) is 190 Å². The normalized spacial score (nSPS) is 23.6. The van der Waals surface area contributed by atoms with E-state index in [-0.39, 0.29) is 0 Å². The van der Waals surface area contributed by atoms with Crippen LogP contribution in [0.25, 0.3) is 43.5 Å². The topological polar surface area (TPSA) is 0 Å². The molecule has 5 aliphatic carbocycles. The van der Waals surface area contributed by atoms with Crippen molar-refractivity contribution in [3.63, 3.8) is 0 Å². The minimum absolute atomic E-state index is 0.675. The van der Waals surface area contributed by atoms with E-state index in [1.165, 1.54) is 85.0 Å². The molecule has 11 rings (SSSR count). The first-order valence-electron chi connectivity index (χ1n) is 19.5. The third-order valence-electron chi connectivity index (χ3n) is 12.8. The van der Waals surface area contributed by atoms with Crippen molar-refractivity contribution in [3.8, 4) is 11.1 Å². The van der Waals surface area contributed by atoms with E-state index >= 15 is 0 Å². The molecule has 0 saturated heterocycles. The number of allylic oxidation sites excluding steroid dienone is 9. The smallest absolute Gasteiger partial charge is 0.0238 e. The van der Waals surface area contributed by atoms with E-state index < -0.39 is 0 Å². The van der Waals surface area contributed by atoms with Gasteiger partial charge in [0, 0.05) is 16.4 Å². The molecule has 1 aliphatic heterocycles. The third kappa shape index (κ3) is 5.44. The van der Waals surface area contributed by atoms with Gasteiger partial charge in [-0.1, -0.05) is 127 Å². The first-order chi connectivity index (χ1) is 26.2. The van der Waals surface area contributed by atoms with Crippen LogP contribution in [0, 0.1) is 5.92 Å². The van der Waals surface area contributed by atoms with Crippen LogP contribution in [0.5, 0.6) is 0 Å². The van der Waals surface area contributed by atoms with Crippen LogP contribution in [0.1, 0.15) is 88.8 Å². The molecule has 6 aliphatic rings.